The minimum atomic E-state index is 0.660. The quantitative estimate of drug-likeness (QED) is 0.588. The average molecular weight is 329 g/mol. The van der Waals surface area contributed by atoms with Crippen LogP contribution in [0.2, 0.25) is 10.0 Å². The second-order valence-electron chi connectivity index (χ2n) is 5.14. The van der Waals surface area contributed by atoms with Crippen LogP contribution in [0.15, 0.2) is 58.0 Å². The molecule has 1 aliphatic heterocycles. The van der Waals surface area contributed by atoms with Crippen LogP contribution in [0.4, 0.5) is 11.4 Å². The van der Waals surface area contributed by atoms with Crippen molar-refractivity contribution in [1.29, 1.82) is 0 Å². The maximum absolute atomic E-state index is 6.05. The molecule has 0 spiro atoms. The van der Waals surface area contributed by atoms with Gasteiger partial charge in [0, 0.05) is 27.0 Å². The van der Waals surface area contributed by atoms with Gasteiger partial charge in [-0.3, -0.25) is 9.98 Å². The number of nitrogens with zero attached hydrogens (tertiary/aromatic N) is 2. The molecule has 0 saturated heterocycles. The smallest absolute Gasteiger partial charge is 0.0904 e. The van der Waals surface area contributed by atoms with Crippen LogP contribution in [0, 0.1) is 0 Å². The monoisotopic (exact) mass is 328 g/mol. The van der Waals surface area contributed by atoms with Crippen molar-refractivity contribution < 1.29 is 0 Å². The van der Waals surface area contributed by atoms with Gasteiger partial charge in [-0.2, -0.15) is 0 Å². The van der Waals surface area contributed by atoms with Crippen molar-refractivity contribution in [2.24, 2.45) is 9.98 Å². The molecule has 0 N–H and O–H groups in total. The molecule has 2 aromatic carbocycles. The van der Waals surface area contributed by atoms with E-state index in [-0.39, 0.29) is 0 Å². The van der Waals surface area contributed by atoms with Crippen LogP contribution >= 0.6 is 23.2 Å². The van der Waals surface area contributed by atoms with E-state index in [0.29, 0.717) is 5.02 Å². The highest BCUT2D eigenvalue weighted by Gasteiger charge is 2.13. The second kappa shape index (κ2) is 6.07. The zero-order valence-corrected chi connectivity index (χ0v) is 13.8. The van der Waals surface area contributed by atoms with E-state index in [1.54, 1.807) is 0 Å². The van der Waals surface area contributed by atoms with Crippen molar-refractivity contribution in [3.05, 3.63) is 63.6 Å². The fraction of sp³-hybridized carbons (Fsp3) is 0.111. The Bertz CT molecular complexity index is 815. The summed E-state index contributed by atoms with van der Waals surface area (Å²) in [5.41, 5.74) is 5.54. The molecule has 0 atom stereocenters. The molecule has 0 aromatic heterocycles. The number of hydrogen-bond donors (Lipinski definition) is 0. The van der Waals surface area contributed by atoms with E-state index in [1.807, 2.05) is 56.3 Å². The summed E-state index contributed by atoms with van der Waals surface area (Å²) >= 11 is 12.0. The summed E-state index contributed by atoms with van der Waals surface area (Å²) in [7, 11) is 0. The molecule has 0 saturated carbocycles. The lowest BCUT2D eigenvalue weighted by Gasteiger charge is -2.05. The first-order valence-electron chi connectivity index (χ1n) is 6.91. The van der Waals surface area contributed by atoms with E-state index < -0.39 is 0 Å². The standard InChI is InChI=1S/C18H14Cl2N2/c1-11-16(9-13-3-5-14(19)6-4-13)12(2)22-18-10-15(20)7-8-17(18)21-11/h3-10H,1-2H3/b16-9+. The Kier molecular flexibility index (Phi) is 4.14. The van der Waals surface area contributed by atoms with Gasteiger partial charge in [0.1, 0.15) is 0 Å². The summed E-state index contributed by atoms with van der Waals surface area (Å²) in [6, 6.07) is 13.3. The second-order valence-corrected chi connectivity index (χ2v) is 6.01. The number of halogens is 2. The molecule has 0 fully saturated rings. The predicted octanol–water partition coefficient (Wildman–Crippen LogP) is 6.28. The summed E-state index contributed by atoms with van der Waals surface area (Å²) in [6.07, 6.45) is 2.07. The van der Waals surface area contributed by atoms with Gasteiger partial charge in [0.15, 0.2) is 0 Å². The number of hydrogen-bond acceptors (Lipinski definition) is 2. The molecule has 0 aliphatic carbocycles. The maximum atomic E-state index is 6.05. The SMILES string of the molecule is CC1=Nc2ccc(Cl)cc2N=C(C)/C1=C/c1ccc(Cl)cc1. The van der Waals surface area contributed by atoms with Crippen LogP contribution in [0.1, 0.15) is 19.4 Å². The topological polar surface area (TPSA) is 24.7 Å². The van der Waals surface area contributed by atoms with Crippen LogP contribution in [0.25, 0.3) is 6.08 Å². The van der Waals surface area contributed by atoms with E-state index in [4.69, 9.17) is 23.2 Å². The molecule has 22 heavy (non-hydrogen) atoms. The van der Waals surface area contributed by atoms with Crippen molar-refractivity contribution >= 4 is 52.1 Å². The van der Waals surface area contributed by atoms with E-state index in [1.165, 1.54) is 0 Å². The zero-order valence-electron chi connectivity index (χ0n) is 12.3. The van der Waals surface area contributed by atoms with Crippen LogP contribution < -0.4 is 0 Å². The van der Waals surface area contributed by atoms with Crippen LogP contribution in [0.3, 0.4) is 0 Å². The summed E-state index contributed by atoms with van der Waals surface area (Å²) in [5.74, 6) is 0. The molecular weight excluding hydrogens is 315 g/mol. The number of aliphatic imine (C=N–C) groups is 2. The van der Waals surface area contributed by atoms with Gasteiger partial charge in [-0.05, 0) is 55.8 Å². The Morgan fingerprint density at radius 2 is 1.36 bits per heavy atom. The molecule has 110 valence electrons. The first kappa shape index (κ1) is 15.0. The normalized spacial score (nSPS) is 15.9. The van der Waals surface area contributed by atoms with Crippen molar-refractivity contribution in [3.8, 4) is 0 Å². The van der Waals surface area contributed by atoms with Gasteiger partial charge < -0.3 is 0 Å². The molecule has 0 unspecified atom stereocenters. The molecular formula is C18H14Cl2N2. The Balaban J connectivity index is 2.10. The molecule has 1 aliphatic rings. The van der Waals surface area contributed by atoms with Crippen molar-refractivity contribution in [1.82, 2.24) is 0 Å². The van der Waals surface area contributed by atoms with Crippen molar-refractivity contribution in [2.45, 2.75) is 13.8 Å². The third-order valence-electron chi connectivity index (χ3n) is 3.47. The molecule has 2 nitrogen and oxygen atoms in total. The first-order chi connectivity index (χ1) is 10.5. The largest absolute Gasteiger partial charge is 0.251 e. The van der Waals surface area contributed by atoms with Crippen molar-refractivity contribution in [2.75, 3.05) is 0 Å². The van der Waals surface area contributed by atoms with Gasteiger partial charge in [-0.15, -0.1) is 0 Å². The van der Waals surface area contributed by atoms with Crippen molar-refractivity contribution in [3.63, 3.8) is 0 Å². The van der Waals surface area contributed by atoms with Gasteiger partial charge in [0.25, 0.3) is 0 Å². The maximum Gasteiger partial charge on any atom is 0.0904 e. The highest BCUT2D eigenvalue weighted by Crippen LogP contribution is 2.34. The molecule has 0 amide bonds. The summed E-state index contributed by atoms with van der Waals surface area (Å²) < 4.78 is 0. The lowest BCUT2D eigenvalue weighted by Crippen LogP contribution is -2.05. The Labute approximate surface area is 139 Å². The predicted molar refractivity (Wildman–Crippen MR) is 96.4 cm³/mol. The van der Waals surface area contributed by atoms with Gasteiger partial charge in [0.05, 0.1) is 11.4 Å². The first-order valence-corrected chi connectivity index (χ1v) is 7.67. The molecule has 1 heterocycles. The summed E-state index contributed by atoms with van der Waals surface area (Å²) in [6.45, 7) is 3.97. The fourth-order valence-electron chi connectivity index (χ4n) is 2.36. The number of allylic oxidation sites excluding steroid dienone is 1. The van der Waals surface area contributed by atoms with Gasteiger partial charge in [-0.25, -0.2) is 0 Å². The number of fused-ring (bicyclic) bond motifs is 1. The highest BCUT2D eigenvalue weighted by atomic mass is 35.5. The molecule has 0 radical (unpaired) electrons. The van der Waals surface area contributed by atoms with Gasteiger partial charge >= 0.3 is 0 Å². The van der Waals surface area contributed by atoms with E-state index in [0.717, 1.165) is 39.0 Å². The van der Waals surface area contributed by atoms with Gasteiger partial charge in [-0.1, -0.05) is 35.3 Å². The van der Waals surface area contributed by atoms with Crippen LogP contribution in [-0.4, -0.2) is 11.4 Å². The van der Waals surface area contributed by atoms with Gasteiger partial charge in [0.2, 0.25) is 0 Å². The lowest BCUT2D eigenvalue weighted by molar-refractivity contribution is 1.45. The Morgan fingerprint density at radius 3 is 2.05 bits per heavy atom. The van der Waals surface area contributed by atoms with E-state index in [9.17, 15) is 0 Å². The third-order valence-corrected chi connectivity index (χ3v) is 3.96. The number of rotatable bonds is 1. The Hall–Kier alpha value is -1.90. The van der Waals surface area contributed by atoms with Crippen LogP contribution in [0.5, 0.6) is 0 Å². The summed E-state index contributed by atoms with van der Waals surface area (Å²) in [4.78, 5) is 9.34. The molecule has 0 bridgehead atoms. The van der Waals surface area contributed by atoms with E-state index >= 15 is 0 Å². The number of benzene rings is 2. The van der Waals surface area contributed by atoms with Crippen LogP contribution in [-0.2, 0) is 0 Å². The molecule has 4 heteroatoms. The fourth-order valence-corrected chi connectivity index (χ4v) is 2.65. The van der Waals surface area contributed by atoms with E-state index in [2.05, 4.69) is 16.1 Å². The average Bonchev–Trinajstić information content (AvgIpc) is 2.59. The zero-order chi connectivity index (χ0) is 15.7. The summed E-state index contributed by atoms with van der Waals surface area (Å²) in [5, 5.41) is 1.38. The Morgan fingerprint density at radius 1 is 0.773 bits per heavy atom. The molecule has 2 aromatic rings. The highest BCUT2D eigenvalue weighted by molar-refractivity contribution is 6.32. The minimum absolute atomic E-state index is 0.660. The lowest BCUT2D eigenvalue weighted by atomic mass is 10.0. The third kappa shape index (κ3) is 3.13. The molecule has 3 rings (SSSR count). The minimum Gasteiger partial charge on any atom is -0.251 e.